The average Bonchev–Trinajstić information content (AvgIpc) is 2.85. The van der Waals surface area contributed by atoms with Crippen molar-refractivity contribution in [1.82, 2.24) is 0 Å². The number of anilines is 1. The predicted octanol–water partition coefficient (Wildman–Crippen LogP) is 6.73. The summed E-state index contributed by atoms with van der Waals surface area (Å²) in [5, 5.41) is 12.6. The second-order valence-corrected chi connectivity index (χ2v) is 7.86. The van der Waals surface area contributed by atoms with E-state index in [9.17, 15) is 14.4 Å². The van der Waals surface area contributed by atoms with E-state index < -0.39 is 5.91 Å². The van der Waals surface area contributed by atoms with Crippen molar-refractivity contribution in [3.63, 3.8) is 0 Å². The first-order valence-electron chi connectivity index (χ1n) is 10.9. The third kappa shape index (κ3) is 6.95. The maximum Gasteiger partial charge on any atom is 0.266 e. The van der Waals surface area contributed by atoms with E-state index in [1.54, 1.807) is 48.5 Å². The number of allylic oxidation sites excluding steroid dienone is 1. The topological polar surface area (TPSA) is 71.4 Å². The van der Waals surface area contributed by atoms with E-state index in [4.69, 9.17) is 21.1 Å². The van der Waals surface area contributed by atoms with Crippen molar-refractivity contribution in [1.29, 1.82) is 5.26 Å². The number of para-hydroxylation sites is 1. The third-order valence-corrected chi connectivity index (χ3v) is 5.24. The largest absolute Gasteiger partial charge is 0.490 e. The van der Waals surface area contributed by atoms with Crippen molar-refractivity contribution in [2.45, 2.75) is 20.0 Å². The lowest BCUT2D eigenvalue weighted by atomic mass is 10.0. The van der Waals surface area contributed by atoms with Gasteiger partial charge in [-0.15, -0.1) is 6.58 Å². The fourth-order valence-corrected chi connectivity index (χ4v) is 3.49. The molecule has 1 N–H and O–H groups in total. The first kappa shape index (κ1) is 25.5. The van der Waals surface area contributed by atoms with Gasteiger partial charge in [-0.2, -0.15) is 5.26 Å². The quantitative estimate of drug-likeness (QED) is 0.194. The Balaban J connectivity index is 1.93. The van der Waals surface area contributed by atoms with E-state index in [0.29, 0.717) is 40.8 Å². The number of nitrogens with one attached hydrogen (secondary N) is 1. The maximum atomic E-state index is 13.2. The van der Waals surface area contributed by atoms with Crippen molar-refractivity contribution in [2.24, 2.45) is 0 Å². The standard InChI is InChI=1S/C28H24ClFN2O3/c1-3-7-21-14-20(15-22(17-31)28(33)32-25-9-6-5-8-24(25)29)16-26(34-4-2)27(21)35-18-19-10-12-23(30)13-11-19/h3,5-6,8-16H,1,4,7,18H2,2H3,(H,32,33)/b22-15+. The smallest absolute Gasteiger partial charge is 0.266 e. The average molecular weight is 491 g/mol. The Morgan fingerprint density at radius 2 is 1.91 bits per heavy atom. The van der Waals surface area contributed by atoms with Gasteiger partial charge < -0.3 is 14.8 Å². The van der Waals surface area contributed by atoms with Crippen LogP contribution < -0.4 is 14.8 Å². The van der Waals surface area contributed by atoms with E-state index in [0.717, 1.165) is 11.1 Å². The van der Waals surface area contributed by atoms with Gasteiger partial charge in [0.1, 0.15) is 24.1 Å². The molecule has 0 heterocycles. The van der Waals surface area contributed by atoms with Crippen LogP contribution in [-0.2, 0) is 17.8 Å². The maximum absolute atomic E-state index is 13.2. The third-order valence-electron chi connectivity index (χ3n) is 4.91. The molecule has 0 aromatic heterocycles. The van der Waals surface area contributed by atoms with Crippen molar-refractivity contribution >= 4 is 29.3 Å². The van der Waals surface area contributed by atoms with Crippen molar-refractivity contribution in [3.8, 4) is 17.6 Å². The minimum Gasteiger partial charge on any atom is -0.490 e. The molecule has 0 saturated heterocycles. The highest BCUT2D eigenvalue weighted by atomic mass is 35.5. The van der Waals surface area contributed by atoms with Crippen LogP contribution >= 0.6 is 11.6 Å². The summed E-state index contributed by atoms with van der Waals surface area (Å²) in [6.07, 6.45) is 3.66. The molecule has 0 fully saturated rings. The van der Waals surface area contributed by atoms with Crippen LogP contribution in [0.5, 0.6) is 11.5 Å². The normalized spacial score (nSPS) is 10.9. The van der Waals surface area contributed by atoms with Crippen molar-refractivity contribution in [3.05, 3.63) is 106 Å². The molecule has 0 aliphatic carbocycles. The number of halogens is 2. The Labute approximate surface area is 209 Å². The Hall–Kier alpha value is -4.08. The van der Waals surface area contributed by atoms with Gasteiger partial charge in [-0.05, 0) is 66.9 Å². The second kappa shape index (κ2) is 12.4. The van der Waals surface area contributed by atoms with Gasteiger partial charge in [0.05, 0.1) is 17.3 Å². The lowest BCUT2D eigenvalue weighted by molar-refractivity contribution is -0.112. The van der Waals surface area contributed by atoms with Crippen LogP contribution in [0.25, 0.3) is 6.08 Å². The number of benzene rings is 3. The zero-order valence-electron chi connectivity index (χ0n) is 19.2. The van der Waals surface area contributed by atoms with E-state index in [1.165, 1.54) is 18.2 Å². The number of hydrogen-bond donors (Lipinski definition) is 1. The molecule has 178 valence electrons. The summed E-state index contributed by atoms with van der Waals surface area (Å²) in [5.74, 6) is 0.0795. The first-order valence-corrected chi connectivity index (χ1v) is 11.3. The summed E-state index contributed by atoms with van der Waals surface area (Å²) in [6, 6.07) is 18.3. The number of amides is 1. The molecular formula is C28H24ClFN2O3. The van der Waals surface area contributed by atoms with Gasteiger partial charge in [0, 0.05) is 5.56 Å². The molecule has 7 heteroatoms. The molecule has 0 radical (unpaired) electrons. The number of ether oxygens (including phenoxy) is 2. The van der Waals surface area contributed by atoms with Crippen molar-refractivity contribution in [2.75, 3.05) is 11.9 Å². The Morgan fingerprint density at radius 1 is 1.17 bits per heavy atom. The summed E-state index contributed by atoms with van der Waals surface area (Å²) in [5.41, 5.74) is 2.46. The van der Waals surface area contributed by atoms with Gasteiger partial charge in [-0.25, -0.2) is 4.39 Å². The van der Waals surface area contributed by atoms with Crippen LogP contribution in [0.4, 0.5) is 10.1 Å². The van der Waals surface area contributed by atoms with Crippen LogP contribution in [0.15, 0.2) is 78.9 Å². The predicted molar refractivity (Wildman–Crippen MR) is 136 cm³/mol. The fourth-order valence-electron chi connectivity index (χ4n) is 3.30. The Bertz CT molecular complexity index is 1280. The van der Waals surface area contributed by atoms with Gasteiger partial charge in [0.25, 0.3) is 5.91 Å². The van der Waals surface area contributed by atoms with Crippen LogP contribution in [0.3, 0.4) is 0 Å². The number of hydrogen-bond acceptors (Lipinski definition) is 4. The molecule has 0 aliphatic rings. The van der Waals surface area contributed by atoms with Gasteiger partial charge >= 0.3 is 0 Å². The summed E-state index contributed by atoms with van der Waals surface area (Å²) < 4.78 is 25.1. The van der Waals surface area contributed by atoms with Gasteiger partial charge in [-0.1, -0.05) is 41.9 Å². The summed E-state index contributed by atoms with van der Waals surface area (Å²) in [6.45, 7) is 6.25. The first-order chi connectivity index (χ1) is 16.9. The zero-order chi connectivity index (χ0) is 25.2. The second-order valence-electron chi connectivity index (χ2n) is 7.45. The molecule has 35 heavy (non-hydrogen) atoms. The molecule has 0 atom stereocenters. The minimum absolute atomic E-state index is 0.100. The van der Waals surface area contributed by atoms with Crippen molar-refractivity contribution < 1.29 is 18.7 Å². The molecule has 3 aromatic rings. The summed E-state index contributed by atoms with van der Waals surface area (Å²) in [7, 11) is 0. The Morgan fingerprint density at radius 3 is 2.57 bits per heavy atom. The molecule has 3 aromatic carbocycles. The van der Waals surface area contributed by atoms with E-state index in [2.05, 4.69) is 11.9 Å². The molecule has 0 unspecified atom stereocenters. The molecular weight excluding hydrogens is 467 g/mol. The molecule has 0 bridgehead atoms. The van der Waals surface area contributed by atoms with Crippen LogP contribution in [-0.4, -0.2) is 12.5 Å². The molecule has 0 aliphatic heterocycles. The Kier molecular flexibility index (Phi) is 9.05. The van der Waals surface area contributed by atoms with E-state index in [1.807, 2.05) is 19.1 Å². The van der Waals surface area contributed by atoms with Crippen LogP contribution in [0.1, 0.15) is 23.6 Å². The molecule has 0 spiro atoms. The summed E-state index contributed by atoms with van der Waals surface area (Å²) >= 11 is 6.11. The van der Waals surface area contributed by atoms with Gasteiger partial charge in [0.15, 0.2) is 11.5 Å². The van der Waals surface area contributed by atoms with Gasteiger partial charge in [-0.3, -0.25) is 4.79 Å². The highest BCUT2D eigenvalue weighted by Crippen LogP contribution is 2.35. The number of nitriles is 1. The monoisotopic (exact) mass is 490 g/mol. The number of rotatable bonds is 10. The SMILES string of the molecule is C=CCc1cc(/C=C(\C#N)C(=O)Nc2ccccc2Cl)cc(OCC)c1OCc1ccc(F)cc1. The number of carbonyl (C=O) groups is 1. The molecule has 5 nitrogen and oxygen atoms in total. The number of carbonyl (C=O) groups excluding carboxylic acids is 1. The molecule has 0 saturated carbocycles. The summed E-state index contributed by atoms with van der Waals surface area (Å²) in [4.78, 5) is 12.7. The van der Waals surface area contributed by atoms with E-state index in [-0.39, 0.29) is 18.0 Å². The lowest BCUT2D eigenvalue weighted by Gasteiger charge is -2.17. The molecule has 1 amide bonds. The highest BCUT2D eigenvalue weighted by Gasteiger charge is 2.16. The van der Waals surface area contributed by atoms with Gasteiger partial charge in [0.2, 0.25) is 0 Å². The number of nitrogens with zero attached hydrogens (tertiary/aromatic N) is 1. The molecule has 3 rings (SSSR count). The minimum atomic E-state index is -0.583. The fraction of sp³-hybridized carbons (Fsp3) is 0.143. The van der Waals surface area contributed by atoms with Crippen LogP contribution in [0, 0.1) is 17.1 Å². The lowest BCUT2D eigenvalue weighted by Crippen LogP contribution is -2.13. The zero-order valence-corrected chi connectivity index (χ0v) is 19.9. The highest BCUT2D eigenvalue weighted by molar-refractivity contribution is 6.34. The van der Waals surface area contributed by atoms with Crippen LogP contribution in [0.2, 0.25) is 5.02 Å². The van der Waals surface area contributed by atoms with E-state index >= 15 is 0 Å².